The summed E-state index contributed by atoms with van der Waals surface area (Å²) in [7, 11) is 0. The van der Waals surface area contributed by atoms with Crippen LogP contribution in [-0.2, 0) is 17.8 Å². The lowest BCUT2D eigenvalue weighted by atomic mass is 10.1. The predicted octanol–water partition coefficient (Wildman–Crippen LogP) is 4.11. The molecule has 2 aromatic carbocycles. The van der Waals surface area contributed by atoms with Crippen LogP contribution in [0.3, 0.4) is 0 Å². The molecule has 1 atom stereocenters. The van der Waals surface area contributed by atoms with Crippen LogP contribution < -0.4 is 5.32 Å². The Bertz CT molecular complexity index is 916. The van der Waals surface area contributed by atoms with Gasteiger partial charge >= 0.3 is 0 Å². The summed E-state index contributed by atoms with van der Waals surface area (Å²) in [5.74, 6) is 0.0220. The highest BCUT2D eigenvalue weighted by molar-refractivity contribution is 5.36. The zero-order chi connectivity index (χ0) is 25.8. The number of phenols is 1. The average molecular weight is 421 g/mol. The van der Waals surface area contributed by atoms with Crippen molar-refractivity contribution in [3.05, 3.63) is 65.1 Å². The molecule has 5 nitrogen and oxygen atoms in total. The topological polar surface area (TPSA) is 82.0 Å². The standard InChI is InChI=1S/C25H37NO4/c27-20-23-18-22(13-14-24(23)28)25(29)19-26-15-7-1-2-8-16-30-17-9-6-12-21-10-4-3-5-11-21/h3-5,10-11,13-14,18,25-29H,1-2,6-9,12,15-17,19-20H2/i3D,4D,5D,10D,11D. The first-order valence-electron chi connectivity index (χ1n) is 13.2. The molecule has 0 bridgehead atoms. The molecular formula is C25H37NO4. The SMILES string of the molecule is [2H]c1c([2H])c([2H])c(CCCCOCCCCCCNCC(O)c2ccc(O)c(CO)c2)c([2H])c1[2H]. The van der Waals surface area contributed by atoms with Gasteiger partial charge in [0, 0.05) is 25.3 Å². The molecule has 2 rings (SSSR count). The van der Waals surface area contributed by atoms with Crippen LogP contribution in [-0.4, -0.2) is 41.6 Å². The summed E-state index contributed by atoms with van der Waals surface area (Å²) in [4.78, 5) is 0. The highest BCUT2D eigenvalue weighted by Crippen LogP contribution is 2.22. The third-order valence-electron chi connectivity index (χ3n) is 4.91. The van der Waals surface area contributed by atoms with E-state index < -0.39 is 6.10 Å². The summed E-state index contributed by atoms with van der Waals surface area (Å²) in [5.41, 5.74) is 1.43. The van der Waals surface area contributed by atoms with Gasteiger partial charge in [-0.15, -0.1) is 0 Å². The lowest BCUT2D eigenvalue weighted by molar-refractivity contribution is 0.126. The molecule has 0 radical (unpaired) electrons. The van der Waals surface area contributed by atoms with Crippen molar-refractivity contribution in [2.45, 2.75) is 57.7 Å². The van der Waals surface area contributed by atoms with Crippen molar-refractivity contribution < 1.29 is 26.9 Å². The van der Waals surface area contributed by atoms with Crippen LogP contribution in [0.4, 0.5) is 0 Å². The van der Waals surface area contributed by atoms with Crippen molar-refractivity contribution in [2.24, 2.45) is 0 Å². The molecule has 0 aliphatic rings. The highest BCUT2D eigenvalue weighted by atomic mass is 16.5. The van der Waals surface area contributed by atoms with Gasteiger partial charge in [0.1, 0.15) is 5.75 Å². The van der Waals surface area contributed by atoms with Crippen molar-refractivity contribution in [3.8, 4) is 5.75 Å². The van der Waals surface area contributed by atoms with E-state index in [2.05, 4.69) is 5.32 Å². The fourth-order valence-electron chi connectivity index (χ4n) is 3.11. The summed E-state index contributed by atoms with van der Waals surface area (Å²) < 4.78 is 44.6. The van der Waals surface area contributed by atoms with E-state index in [1.54, 1.807) is 12.1 Å². The van der Waals surface area contributed by atoms with Crippen molar-refractivity contribution in [1.82, 2.24) is 5.32 Å². The van der Waals surface area contributed by atoms with E-state index in [4.69, 9.17) is 11.6 Å². The van der Waals surface area contributed by atoms with Gasteiger partial charge in [0.2, 0.25) is 0 Å². The van der Waals surface area contributed by atoms with E-state index in [1.807, 2.05) is 0 Å². The molecule has 4 N–H and O–H groups in total. The van der Waals surface area contributed by atoms with Gasteiger partial charge in [0.05, 0.1) is 19.6 Å². The van der Waals surface area contributed by atoms with E-state index >= 15 is 0 Å². The Morgan fingerprint density at radius 2 is 1.70 bits per heavy atom. The monoisotopic (exact) mass is 420 g/mol. The first-order valence-corrected chi connectivity index (χ1v) is 10.7. The Kier molecular flexibility index (Phi) is 8.85. The maximum atomic E-state index is 10.2. The molecular weight excluding hydrogens is 378 g/mol. The van der Waals surface area contributed by atoms with Gasteiger partial charge in [-0.3, -0.25) is 0 Å². The number of aromatic hydroxyl groups is 1. The summed E-state index contributed by atoms with van der Waals surface area (Å²) in [6.07, 6.45) is 5.27. The van der Waals surface area contributed by atoms with Crippen LogP contribution in [0.5, 0.6) is 5.75 Å². The minimum Gasteiger partial charge on any atom is -0.508 e. The molecule has 30 heavy (non-hydrogen) atoms. The molecule has 0 amide bonds. The van der Waals surface area contributed by atoms with Gasteiger partial charge in [0.15, 0.2) is 0 Å². The molecule has 1 unspecified atom stereocenters. The van der Waals surface area contributed by atoms with E-state index in [0.717, 1.165) is 38.6 Å². The first kappa shape index (κ1) is 17.7. The maximum absolute atomic E-state index is 10.2. The molecule has 0 heterocycles. The molecule has 0 aliphatic heterocycles. The molecule has 0 saturated carbocycles. The molecule has 0 spiro atoms. The molecule has 5 heteroatoms. The number of rotatable bonds is 16. The number of nitrogens with one attached hydrogen (secondary N) is 1. The van der Waals surface area contributed by atoms with Gasteiger partial charge in [-0.05, 0) is 61.9 Å². The third kappa shape index (κ3) is 9.72. The minimum absolute atomic E-state index is 0.0220. The zero-order valence-corrected chi connectivity index (χ0v) is 17.5. The number of benzene rings is 2. The van der Waals surface area contributed by atoms with E-state index in [1.165, 1.54) is 6.07 Å². The molecule has 166 valence electrons. The Labute approximate surface area is 187 Å². The number of hydrogen-bond acceptors (Lipinski definition) is 5. The molecule has 0 aromatic heterocycles. The zero-order valence-electron chi connectivity index (χ0n) is 22.5. The smallest absolute Gasteiger partial charge is 0.121 e. The van der Waals surface area contributed by atoms with Crippen LogP contribution in [0.25, 0.3) is 0 Å². The number of aliphatic hydroxyl groups is 2. The van der Waals surface area contributed by atoms with Crippen LogP contribution in [0, 0.1) is 0 Å². The fourth-order valence-corrected chi connectivity index (χ4v) is 3.11. The van der Waals surface area contributed by atoms with Gasteiger partial charge in [-0.2, -0.15) is 0 Å². The van der Waals surface area contributed by atoms with E-state index in [0.29, 0.717) is 49.3 Å². The van der Waals surface area contributed by atoms with Crippen molar-refractivity contribution in [3.63, 3.8) is 0 Å². The van der Waals surface area contributed by atoms with Crippen LogP contribution in [0.2, 0.25) is 0 Å². The predicted molar refractivity (Wildman–Crippen MR) is 121 cm³/mol. The maximum Gasteiger partial charge on any atom is 0.121 e. The van der Waals surface area contributed by atoms with Crippen molar-refractivity contribution in [2.75, 3.05) is 26.3 Å². The van der Waals surface area contributed by atoms with Gasteiger partial charge < -0.3 is 25.4 Å². The molecule has 0 fully saturated rings. The fraction of sp³-hybridized carbons (Fsp3) is 0.520. The Balaban J connectivity index is 1.48. The number of hydrogen-bond donors (Lipinski definition) is 4. The largest absolute Gasteiger partial charge is 0.508 e. The second-order valence-electron chi connectivity index (χ2n) is 7.35. The molecule has 0 aliphatic carbocycles. The number of ether oxygens (including phenoxy) is 1. The normalized spacial score (nSPS) is 14.5. The van der Waals surface area contributed by atoms with E-state index in [9.17, 15) is 15.3 Å². The van der Waals surface area contributed by atoms with Crippen LogP contribution in [0.15, 0.2) is 48.4 Å². The second-order valence-corrected chi connectivity index (χ2v) is 7.35. The molecule has 2 aromatic rings. The minimum atomic E-state index is -0.699. The lowest BCUT2D eigenvalue weighted by Crippen LogP contribution is -2.22. The number of aliphatic hydroxyl groups excluding tert-OH is 2. The van der Waals surface area contributed by atoms with Crippen molar-refractivity contribution >= 4 is 0 Å². The quantitative estimate of drug-likeness (QED) is 0.307. The van der Waals surface area contributed by atoms with Gasteiger partial charge in [-0.1, -0.05) is 49.1 Å². The number of unbranched alkanes of at least 4 members (excludes halogenated alkanes) is 4. The Morgan fingerprint density at radius 3 is 2.47 bits per heavy atom. The van der Waals surface area contributed by atoms with Gasteiger partial charge in [-0.25, -0.2) is 0 Å². The first-order chi connectivity index (χ1) is 16.8. The third-order valence-corrected chi connectivity index (χ3v) is 4.91. The Hall–Kier alpha value is -1.92. The highest BCUT2D eigenvalue weighted by Gasteiger charge is 2.09. The van der Waals surface area contributed by atoms with Gasteiger partial charge in [0.25, 0.3) is 0 Å². The summed E-state index contributed by atoms with van der Waals surface area (Å²) >= 11 is 0. The van der Waals surface area contributed by atoms with Crippen LogP contribution in [0.1, 0.15) is 68.2 Å². The summed E-state index contributed by atoms with van der Waals surface area (Å²) in [5, 5.41) is 32.3. The summed E-state index contributed by atoms with van der Waals surface area (Å²) in [6.45, 7) is 2.19. The van der Waals surface area contributed by atoms with Crippen molar-refractivity contribution in [1.29, 1.82) is 0 Å². The molecule has 0 saturated heterocycles. The van der Waals surface area contributed by atoms with Crippen LogP contribution >= 0.6 is 0 Å². The summed E-state index contributed by atoms with van der Waals surface area (Å²) in [6, 6.07) is 3.59. The average Bonchev–Trinajstić information content (AvgIpc) is 2.86. The lowest BCUT2D eigenvalue weighted by Gasteiger charge is -2.14. The Morgan fingerprint density at radius 1 is 0.967 bits per heavy atom. The second kappa shape index (κ2) is 15.0. The van der Waals surface area contributed by atoms with E-state index in [-0.39, 0.29) is 42.6 Å².